The van der Waals surface area contributed by atoms with Crippen LogP contribution in [0.1, 0.15) is 35.6 Å². The Morgan fingerprint density at radius 3 is 2.29 bits per heavy atom. The van der Waals surface area contributed by atoms with E-state index in [0.717, 1.165) is 41.4 Å². The molecule has 0 saturated carbocycles. The van der Waals surface area contributed by atoms with Crippen LogP contribution in [0.5, 0.6) is 0 Å². The smallest absolute Gasteiger partial charge is 0.349 e. The summed E-state index contributed by atoms with van der Waals surface area (Å²) in [5.41, 5.74) is 1.07. The van der Waals surface area contributed by atoms with Gasteiger partial charge >= 0.3 is 6.18 Å². The van der Waals surface area contributed by atoms with Crippen molar-refractivity contribution in [3.8, 4) is 0 Å². The van der Waals surface area contributed by atoms with Crippen LogP contribution >= 0.6 is 0 Å². The van der Waals surface area contributed by atoms with Gasteiger partial charge in [-0.3, -0.25) is 4.79 Å². The number of nitrogens with zero attached hydrogens (tertiary/aromatic N) is 1. The van der Waals surface area contributed by atoms with Crippen molar-refractivity contribution in [2.24, 2.45) is 0 Å². The van der Waals surface area contributed by atoms with Crippen molar-refractivity contribution >= 4 is 16.7 Å². The lowest BCUT2D eigenvalue weighted by molar-refractivity contribution is -0.137. The molecular weight excluding hydrogens is 401 g/mol. The summed E-state index contributed by atoms with van der Waals surface area (Å²) in [6, 6.07) is 19.1. The van der Waals surface area contributed by atoms with E-state index in [4.69, 9.17) is 0 Å². The Hall–Kier alpha value is -2.86. The van der Waals surface area contributed by atoms with E-state index in [9.17, 15) is 18.0 Å². The molecular formula is C25H27F3N2O. The molecule has 0 radical (unpaired) electrons. The van der Waals surface area contributed by atoms with Gasteiger partial charge in [-0.25, -0.2) is 0 Å². The summed E-state index contributed by atoms with van der Waals surface area (Å²) in [5, 5.41) is 5.38. The Kier molecular flexibility index (Phi) is 7.33. The summed E-state index contributed by atoms with van der Waals surface area (Å²) in [5.74, 6) is -0.114. The summed E-state index contributed by atoms with van der Waals surface area (Å²) in [7, 11) is 3.98. The summed E-state index contributed by atoms with van der Waals surface area (Å²) >= 11 is 0. The number of alkyl halides is 3. The number of carbonyl (C=O) groups is 1. The highest BCUT2D eigenvalue weighted by Gasteiger charge is 2.29. The Labute approximate surface area is 180 Å². The van der Waals surface area contributed by atoms with Crippen LogP contribution in [0.2, 0.25) is 0 Å². The molecule has 6 heteroatoms. The van der Waals surface area contributed by atoms with Crippen molar-refractivity contribution in [2.75, 3.05) is 20.6 Å². The second-order valence-corrected chi connectivity index (χ2v) is 8.01. The molecule has 0 saturated heterocycles. The van der Waals surface area contributed by atoms with Crippen molar-refractivity contribution < 1.29 is 18.0 Å². The van der Waals surface area contributed by atoms with Gasteiger partial charge in [-0.1, -0.05) is 48.5 Å². The van der Waals surface area contributed by atoms with E-state index in [2.05, 4.69) is 28.4 Å². The first kappa shape index (κ1) is 22.8. The number of benzene rings is 3. The lowest BCUT2D eigenvalue weighted by Gasteiger charge is -2.22. The van der Waals surface area contributed by atoms with Crippen molar-refractivity contribution in [3.05, 3.63) is 83.4 Å². The molecule has 0 fully saturated rings. The fraction of sp³-hybridized carbons (Fsp3) is 0.320. The average Bonchev–Trinajstić information content (AvgIpc) is 2.74. The molecule has 3 aromatic rings. The van der Waals surface area contributed by atoms with Crippen LogP contribution in [0.25, 0.3) is 10.8 Å². The van der Waals surface area contributed by atoms with E-state index in [1.165, 1.54) is 12.1 Å². The van der Waals surface area contributed by atoms with Crippen molar-refractivity contribution in [1.29, 1.82) is 0 Å². The molecule has 1 N–H and O–H groups in total. The molecule has 0 aliphatic rings. The van der Waals surface area contributed by atoms with E-state index >= 15 is 0 Å². The van der Waals surface area contributed by atoms with Crippen LogP contribution in [0, 0.1) is 0 Å². The number of fused-ring (bicyclic) bond motifs is 1. The minimum absolute atomic E-state index is 0.114. The Bertz CT molecular complexity index is 1010. The number of rotatable bonds is 8. The SMILES string of the molecule is CN(C)CCC(NC(=O)CCc1ccc(C(F)(F)F)cc1)c1ccc2ccccc2c1. The number of hydrogen-bond acceptors (Lipinski definition) is 2. The van der Waals surface area contributed by atoms with Crippen LogP contribution < -0.4 is 5.32 Å². The van der Waals surface area contributed by atoms with Gasteiger partial charge in [-0.15, -0.1) is 0 Å². The zero-order chi connectivity index (χ0) is 22.4. The van der Waals surface area contributed by atoms with Gasteiger partial charge in [0.2, 0.25) is 5.91 Å². The normalized spacial score (nSPS) is 12.8. The Morgan fingerprint density at radius 1 is 0.968 bits per heavy atom. The topological polar surface area (TPSA) is 32.3 Å². The first-order valence-corrected chi connectivity index (χ1v) is 10.3. The first-order valence-electron chi connectivity index (χ1n) is 10.3. The molecule has 164 valence electrons. The summed E-state index contributed by atoms with van der Waals surface area (Å²) in [4.78, 5) is 14.7. The van der Waals surface area contributed by atoms with Gasteiger partial charge in [0.1, 0.15) is 0 Å². The molecule has 0 aliphatic carbocycles. The van der Waals surface area contributed by atoms with Gasteiger partial charge in [0.25, 0.3) is 0 Å². The highest BCUT2D eigenvalue weighted by molar-refractivity contribution is 5.83. The van der Waals surface area contributed by atoms with E-state index in [0.29, 0.717) is 12.0 Å². The predicted octanol–water partition coefficient (Wildman–Crippen LogP) is 5.60. The molecule has 0 aliphatic heterocycles. The molecule has 1 amide bonds. The van der Waals surface area contributed by atoms with E-state index in [1.54, 1.807) is 0 Å². The maximum absolute atomic E-state index is 12.7. The highest BCUT2D eigenvalue weighted by Crippen LogP contribution is 2.29. The third-order valence-electron chi connectivity index (χ3n) is 5.30. The second kappa shape index (κ2) is 9.96. The van der Waals surface area contributed by atoms with Gasteiger partial charge in [-0.2, -0.15) is 13.2 Å². The standard InChI is InChI=1S/C25H27F3N2O/c1-30(2)16-15-23(21-11-10-19-5-3-4-6-20(19)17-21)29-24(31)14-9-18-7-12-22(13-8-18)25(26,27)28/h3-8,10-13,17,23H,9,14-16H2,1-2H3,(H,29,31). The van der Waals surface area contributed by atoms with Gasteiger partial charge < -0.3 is 10.2 Å². The summed E-state index contributed by atoms with van der Waals surface area (Å²) in [6.07, 6.45) is -2.98. The van der Waals surface area contributed by atoms with Gasteiger partial charge in [0.05, 0.1) is 11.6 Å². The fourth-order valence-electron chi connectivity index (χ4n) is 3.52. The molecule has 0 heterocycles. The number of aryl methyl sites for hydroxylation is 1. The largest absolute Gasteiger partial charge is 0.416 e. The third-order valence-corrected chi connectivity index (χ3v) is 5.30. The maximum atomic E-state index is 12.7. The van der Waals surface area contributed by atoms with Crippen LogP contribution in [-0.2, 0) is 17.4 Å². The summed E-state index contributed by atoms with van der Waals surface area (Å²) < 4.78 is 38.1. The van der Waals surface area contributed by atoms with Crippen molar-refractivity contribution in [2.45, 2.75) is 31.5 Å². The zero-order valence-electron chi connectivity index (χ0n) is 17.7. The molecule has 31 heavy (non-hydrogen) atoms. The quantitative estimate of drug-likeness (QED) is 0.507. The van der Waals surface area contributed by atoms with Gasteiger partial charge in [0, 0.05) is 6.42 Å². The third kappa shape index (κ3) is 6.56. The molecule has 1 atom stereocenters. The van der Waals surface area contributed by atoms with Crippen LogP contribution in [0.4, 0.5) is 13.2 Å². The van der Waals surface area contributed by atoms with E-state index < -0.39 is 11.7 Å². The van der Waals surface area contributed by atoms with Crippen LogP contribution in [0.3, 0.4) is 0 Å². The average molecular weight is 428 g/mol. The van der Waals surface area contributed by atoms with Gasteiger partial charge in [0.15, 0.2) is 0 Å². The number of amides is 1. The molecule has 1 unspecified atom stereocenters. The monoisotopic (exact) mass is 428 g/mol. The fourth-order valence-corrected chi connectivity index (χ4v) is 3.52. The Balaban J connectivity index is 1.66. The predicted molar refractivity (Wildman–Crippen MR) is 118 cm³/mol. The summed E-state index contributed by atoms with van der Waals surface area (Å²) in [6.45, 7) is 0.816. The number of hydrogen-bond donors (Lipinski definition) is 1. The second-order valence-electron chi connectivity index (χ2n) is 8.01. The molecule has 0 spiro atoms. The maximum Gasteiger partial charge on any atom is 0.416 e. The highest BCUT2D eigenvalue weighted by atomic mass is 19.4. The molecule has 0 aromatic heterocycles. The number of nitrogens with one attached hydrogen (secondary N) is 1. The molecule has 0 bridgehead atoms. The number of halogens is 3. The van der Waals surface area contributed by atoms with E-state index in [-0.39, 0.29) is 18.4 Å². The van der Waals surface area contributed by atoms with Crippen molar-refractivity contribution in [1.82, 2.24) is 10.2 Å². The molecule has 3 aromatic carbocycles. The van der Waals surface area contributed by atoms with Gasteiger partial charge in [-0.05, 0) is 73.6 Å². The lowest BCUT2D eigenvalue weighted by Crippen LogP contribution is -2.31. The zero-order valence-corrected chi connectivity index (χ0v) is 17.7. The van der Waals surface area contributed by atoms with Crippen molar-refractivity contribution in [3.63, 3.8) is 0 Å². The minimum Gasteiger partial charge on any atom is -0.349 e. The van der Waals surface area contributed by atoms with E-state index in [1.807, 2.05) is 38.4 Å². The Morgan fingerprint density at radius 2 is 1.65 bits per heavy atom. The lowest BCUT2D eigenvalue weighted by atomic mass is 9.99. The molecule has 3 rings (SSSR count). The molecule has 3 nitrogen and oxygen atoms in total. The minimum atomic E-state index is -4.35. The van der Waals surface area contributed by atoms with Crippen LogP contribution in [-0.4, -0.2) is 31.4 Å². The first-order chi connectivity index (χ1) is 14.7. The van der Waals surface area contributed by atoms with Crippen LogP contribution in [0.15, 0.2) is 66.7 Å². The number of carbonyl (C=O) groups excluding carboxylic acids is 1.